The van der Waals surface area contributed by atoms with E-state index in [0.29, 0.717) is 5.41 Å². The highest BCUT2D eigenvalue weighted by molar-refractivity contribution is 5.79. The van der Waals surface area contributed by atoms with Gasteiger partial charge in [0.1, 0.15) is 0 Å². The number of rotatable bonds is 4. The van der Waals surface area contributed by atoms with Crippen molar-refractivity contribution in [3.05, 3.63) is 12.3 Å². The van der Waals surface area contributed by atoms with Gasteiger partial charge in [-0.1, -0.05) is 20.8 Å². The van der Waals surface area contributed by atoms with Crippen LogP contribution in [0.3, 0.4) is 0 Å². The first kappa shape index (κ1) is 11.0. The van der Waals surface area contributed by atoms with Crippen LogP contribution in [0.4, 0.5) is 0 Å². The summed E-state index contributed by atoms with van der Waals surface area (Å²) in [5, 5.41) is 11.2. The molecule has 3 nitrogen and oxygen atoms in total. The summed E-state index contributed by atoms with van der Waals surface area (Å²) in [6, 6.07) is 0. The first-order valence-electron chi connectivity index (χ1n) is 4.05. The Bertz CT molecular complexity index is 168. The van der Waals surface area contributed by atoms with E-state index in [1.807, 2.05) is 0 Å². The van der Waals surface area contributed by atoms with Gasteiger partial charge in [-0.2, -0.15) is 0 Å². The molecule has 0 heterocycles. The molecule has 0 spiro atoms. The molecule has 3 heteroatoms. The Labute approximate surface area is 73.5 Å². The maximum absolute atomic E-state index is 10.0. The molecule has 0 aromatic heterocycles. The average Bonchev–Trinajstić information content (AvgIpc) is 1.83. The molecule has 0 aliphatic carbocycles. The fourth-order valence-corrected chi connectivity index (χ4v) is 0.661. The lowest BCUT2D eigenvalue weighted by molar-refractivity contribution is -0.131. The summed E-state index contributed by atoms with van der Waals surface area (Å²) in [5.74, 6) is -0.918. The molecule has 0 bridgehead atoms. The second kappa shape index (κ2) is 4.80. The summed E-state index contributed by atoms with van der Waals surface area (Å²) in [6.07, 6.45) is 3.59. The molecular formula is C9H17NO2. The van der Waals surface area contributed by atoms with Gasteiger partial charge in [-0.05, 0) is 11.8 Å². The van der Waals surface area contributed by atoms with Crippen molar-refractivity contribution in [3.63, 3.8) is 0 Å². The van der Waals surface area contributed by atoms with E-state index >= 15 is 0 Å². The van der Waals surface area contributed by atoms with Crippen molar-refractivity contribution in [1.29, 1.82) is 0 Å². The molecule has 0 amide bonds. The Balaban J connectivity index is 3.40. The van der Waals surface area contributed by atoms with E-state index in [0.717, 1.165) is 19.0 Å². The third-order valence-corrected chi connectivity index (χ3v) is 1.36. The van der Waals surface area contributed by atoms with Crippen molar-refractivity contribution in [1.82, 2.24) is 5.32 Å². The third-order valence-electron chi connectivity index (χ3n) is 1.36. The minimum atomic E-state index is -0.918. The summed E-state index contributed by atoms with van der Waals surface area (Å²) in [6.45, 7) is 7.26. The SMILES string of the molecule is CC(C)(C)CCN/C=C/C(=O)O. The number of hydrogen-bond acceptors (Lipinski definition) is 2. The van der Waals surface area contributed by atoms with Crippen LogP contribution in [-0.4, -0.2) is 17.6 Å². The van der Waals surface area contributed by atoms with Crippen LogP contribution in [0, 0.1) is 5.41 Å². The normalized spacial score (nSPS) is 11.9. The monoisotopic (exact) mass is 171 g/mol. The zero-order valence-corrected chi connectivity index (χ0v) is 7.92. The Morgan fingerprint density at radius 3 is 2.50 bits per heavy atom. The smallest absolute Gasteiger partial charge is 0.329 e. The second-order valence-electron chi connectivity index (χ2n) is 3.94. The predicted octanol–water partition coefficient (Wildman–Crippen LogP) is 1.61. The minimum absolute atomic E-state index is 0.296. The lowest BCUT2D eigenvalue weighted by Crippen LogP contribution is -2.16. The number of aliphatic carboxylic acids is 1. The number of carboxylic acids is 1. The van der Waals surface area contributed by atoms with Gasteiger partial charge in [0, 0.05) is 18.8 Å². The molecule has 0 saturated carbocycles. The third kappa shape index (κ3) is 9.01. The Morgan fingerprint density at radius 2 is 2.08 bits per heavy atom. The van der Waals surface area contributed by atoms with Gasteiger partial charge < -0.3 is 10.4 Å². The van der Waals surface area contributed by atoms with Crippen LogP contribution in [0.1, 0.15) is 27.2 Å². The van der Waals surface area contributed by atoms with Crippen molar-refractivity contribution in [2.75, 3.05) is 6.54 Å². The lowest BCUT2D eigenvalue weighted by Gasteiger charge is -2.17. The zero-order chi connectivity index (χ0) is 9.61. The minimum Gasteiger partial charge on any atom is -0.478 e. The standard InChI is InChI=1S/C9H17NO2/c1-9(2,3)5-7-10-6-4-8(11)12/h4,6,10H,5,7H2,1-3H3,(H,11,12)/b6-4+. The molecule has 0 unspecified atom stereocenters. The summed E-state index contributed by atoms with van der Waals surface area (Å²) < 4.78 is 0. The van der Waals surface area contributed by atoms with Gasteiger partial charge in [-0.25, -0.2) is 4.79 Å². The van der Waals surface area contributed by atoms with Crippen molar-refractivity contribution in [2.24, 2.45) is 5.41 Å². The molecule has 0 rings (SSSR count). The van der Waals surface area contributed by atoms with Crippen LogP contribution in [0.15, 0.2) is 12.3 Å². The molecule has 0 radical (unpaired) electrons. The highest BCUT2D eigenvalue weighted by atomic mass is 16.4. The van der Waals surface area contributed by atoms with Gasteiger partial charge in [0.15, 0.2) is 0 Å². The maximum Gasteiger partial charge on any atom is 0.329 e. The number of nitrogens with one attached hydrogen (secondary N) is 1. The second-order valence-corrected chi connectivity index (χ2v) is 3.94. The van der Waals surface area contributed by atoms with Gasteiger partial charge in [0.2, 0.25) is 0 Å². The van der Waals surface area contributed by atoms with E-state index < -0.39 is 5.97 Å². The summed E-state index contributed by atoms with van der Waals surface area (Å²) in [5.41, 5.74) is 0.296. The first-order chi connectivity index (χ1) is 5.42. The molecule has 70 valence electrons. The lowest BCUT2D eigenvalue weighted by atomic mass is 9.92. The largest absolute Gasteiger partial charge is 0.478 e. The number of carbonyl (C=O) groups is 1. The predicted molar refractivity (Wildman–Crippen MR) is 48.9 cm³/mol. The van der Waals surface area contributed by atoms with Gasteiger partial charge in [0.05, 0.1) is 0 Å². The van der Waals surface area contributed by atoms with Crippen molar-refractivity contribution in [2.45, 2.75) is 27.2 Å². The molecular weight excluding hydrogens is 154 g/mol. The van der Waals surface area contributed by atoms with Crippen molar-refractivity contribution >= 4 is 5.97 Å². The quantitative estimate of drug-likeness (QED) is 0.499. The topological polar surface area (TPSA) is 49.3 Å². The van der Waals surface area contributed by atoms with E-state index in [1.54, 1.807) is 0 Å². The molecule has 0 aliphatic rings. The molecule has 0 aliphatic heterocycles. The van der Waals surface area contributed by atoms with E-state index in [2.05, 4.69) is 26.1 Å². The summed E-state index contributed by atoms with van der Waals surface area (Å²) in [7, 11) is 0. The Kier molecular flexibility index (Phi) is 4.40. The van der Waals surface area contributed by atoms with Crippen LogP contribution in [-0.2, 0) is 4.79 Å². The van der Waals surface area contributed by atoms with Crippen LogP contribution < -0.4 is 5.32 Å². The number of carboxylic acid groups (broad SMARTS) is 1. The number of hydrogen-bond donors (Lipinski definition) is 2. The summed E-state index contributed by atoms with van der Waals surface area (Å²) >= 11 is 0. The average molecular weight is 171 g/mol. The molecule has 0 fully saturated rings. The first-order valence-corrected chi connectivity index (χ1v) is 4.05. The van der Waals surface area contributed by atoms with Gasteiger partial charge in [-0.3, -0.25) is 0 Å². The van der Waals surface area contributed by atoms with Crippen LogP contribution in [0.5, 0.6) is 0 Å². The fourth-order valence-electron chi connectivity index (χ4n) is 0.661. The highest BCUT2D eigenvalue weighted by Gasteiger charge is 2.07. The Morgan fingerprint density at radius 1 is 1.50 bits per heavy atom. The molecule has 0 saturated heterocycles. The van der Waals surface area contributed by atoms with Gasteiger partial charge in [-0.15, -0.1) is 0 Å². The van der Waals surface area contributed by atoms with Gasteiger partial charge >= 0.3 is 5.97 Å². The van der Waals surface area contributed by atoms with E-state index in [4.69, 9.17) is 5.11 Å². The molecule has 0 aromatic rings. The molecule has 0 aromatic carbocycles. The van der Waals surface area contributed by atoms with Crippen LogP contribution >= 0.6 is 0 Å². The van der Waals surface area contributed by atoms with E-state index in [1.165, 1.54) is 6.20 Å². The maximum atomic E-state index is 10.0. The van der Waals surface area contributed by atoms with E-state index in [-0.39, 0.29) is 0 Å². The van der Waals surface area contributed by atoms with Crippen LogP contribution in [0.2, 0.25) is 0 Å². The van der Waals surface area contributed by atoms with E-state index in [9.17, 15) is 4.79 Å². The molecule has 12 heavy (non-hydrogen) atoms. The van der Waals surface area contributed by atoms with Crippen molar-refractivity contribution in [3.8, 4) is 0 Å². The Hall–Kier alpha value is -0.990. The van der Waals surface area contributed by atoms with Gasteiger partial charge in [0.25, 0.3) is 0 Å². The fraction of sp³-hybridized carbons (Fsp3) is 0.667. The molecule has 2 N–H and O–H groups in total. The highest BCUT2D eigenvalue weighted by Crippen LogP contribution is 2.16. The van der Waals surface area contributed by atoms with Crippen molar-refractivity contribution < 1.29 is 9.90 Å². The summed E-state index contributed by atoms with van der Waals surface area (Å²) in [4.78, 5) is 10.0. The zero-order valence-electron chi connectivity index (χ0n) is 7.92. The van der Waals surface area contributed by atoms with Crippen LogP contribution in [0.25, 0.3) is 0 Å². The molecule has 0 atom stereocenters.